The highest BCUT2D eigenvalue weighted by Crippen LogP contribution is 2.12. The maximum atomic E-state index is 5.56. The third-order valence-electron chi connectivity index (χ3n) is 3.61. The van der Waals surface area contributed by atoms with Crippen LogP contribution in [0.2, 0.25) is 0 Å². The molecule has 0 saturated carbocycles. The molecule has 24 heavy (non-hydrogen) atoms. The zero-order chi connectivity index (χ0) is 17.1. The molecule has 0 bridgehead atoms. The zero-order valence-electron chi connectivity index (χ0n) is 15.5. The molecule has 0 spiro atoms. The van der Waals surface area contributed by atoms with Crippen LogP contribution in [0.4, 0.5) is 0 Å². The second-order valence-electron chi connectivity index (χ2n) is 5.86. The molecule has 1 aromatic rings. The van der Waals surface area contributed by atoms with Gasteiger partial charge in [0, 0.05) is 19.7 Å². The molecule has 1 atom stereocenters. The monoisotopic (exact) mass is 449 g/mol. The van der Waals surface area contributed by atoms with Gasteiger partial charge in [-0.25, -0.2) is 4.99 Å². The van der Waals surface area contributed by atoms with Gasteiger partial charge in [0.1, 0.15) is 12.4 Å². The highest BCUT2D eigenvalue weighted by atomic mass is 127. The van der Waals surface area contributed by atoms with Crippen LogP contribution < -0.4 is 15.4 Å². The minimum Gasteiger partial charge on any atom is -0.491 e. The molecule has 1 rings (SSSR count). The third kappa shape index (κ3) is 9.32. The summed E-state index contributed by atoms with van der Waals surface area (Å²) < 4.78 is 10.5. The lowest BCUT2D eigenvalue weighted by atomic mass is 10.1. The summed E-state index contributed by atoms with van der Waals surface area (Å²) in [5, 5.41) is 6.72. The SMILES string of the molecule is CCNC(=NCc1ccc(OCCOC)cc1)NC(C)C(C)C.I. The Morgan fingerprint density at radius 3 is 2.33 bits per heavy atom. The van der Waals surface area contributed by atoms with Crippen molar-refractivity contribution in [2.24, 2.45) is 10.9 Å². The zero-order valence-corrected chi connectivity index (χ0v) is 17.8. The average Bonchev–Trinajstić information content (AvgIpc) is 2.54. The van der Waals surface area contributed by atoms with Gasteiger partial charge >= 0.3 is 0 Å². The lowest BCUT2D eigenvalue weighted by Gasteiger charge is -2.20. The van der Waals surface area contributed by atoms with Crippen LogP contribution in [0.15, 0.2) is 29.3 Å². The normalized spacial score (nSPS) is 12.5. The van der Waals surface area contributed by atoms with E-state index < -0.39 is 0 Å². The Labute approximate surface area is 163 Å². The summed E-state index contributed by atoms with van der Waals surface area (Å²) in [5.41, 5.74) is 1.15. The first-order chi connectivity index (χ1) is 11.1. The first-order valence-corrected chi connectivity index (χ1v) is 8.32. The van der Waals surface area contributed by atoms with Crippen LogP contribution >= 0.6 is 24.0 Å². The number of halogens is 1. The summed E-state index contributed by atoms with van der Waals surface area (Å²) in [4.78, 5) is 4.64. The van der Waals surface area contributed by atoms with Crippen molar-refractivity contribution in [2.45, 2.75) is 40.3 Å². The minimum absolute atomic E-state index is 0. The third-order valence-corrected chi connectivity index (χ3v) is 3.61. The van der Waals surface area contributed by atoms with Crippen LogP contribution in [0.1, 0.15) is 33.3 Å². The van der Waals surface area contributed by atoms with Gasteiger partial charge in [0.05, 0.1) is 13.2 Å². The van der Waals surface area contributed by atoms with E-state index in [0.717, 1.165) is 23.8 Å². The Bertz CT molecular complexity index is 464. The number of benzene rings is 1. The number of nitrogens with zero attached hydrogens (tertiary/aromatic N) is 1. The van der Waals surface area contributed by atoms with E-state index in [9.17, 15) is 0 Å². The van der Waals surface area contributed by atoms with Gasteiger partial charge in [-0.05, 0) is 37.5 Å². The molecule has 0 fully saturated rings. The van der Waals surface area contributed by atoms with E-state index in [4.69, 9.17) is 9.47 Å². The maximum absolute atomic E-state index is 5.56. The van der Waals surface area contributed by atoms with Crippen molar-refractivity contribution in [1.29, 1.82) is 0 Å². The van der Waals surface area contributed by atoms with E-state index in [1.165, 1.54) is 0 Å². The summed E-state index contributed by atoms with van der Waals surface area (Å²) in [6.45, 7) is 11.3. The first-order valence-electron chi connectivity index (χ1n) is 8.32. The Balaban J connectivity index is 0.00000529. The van der Waals surface area contributed by atoms with Crippen LogP contribution in [-0.4, -0.2) is 38.9 Å². The number of aliphatic imine (C=N–C) groups is 1. The summed E-state index contributed by atoms with van der Waals surface area (Å²) in [6, 6.07) is 8.40. The number of nitrogens with one attached hydrogen (secondary N) is 2. The van der Waals surface area contributed by atoms with E-state index in [2.05, 4.69) is 43.3 Å². The molecule has 0 radical (unpaired) electrons. The summed E-state index contributed by atoms with van der Waals surface area (Å²) in [6.07, 6.45) is 0. The Hall–Kier alpha value is -1.02. The quantitative estimate of drug-likeness (QED) is 0.263. The fraction of sp³-hybridized carbons (Fsp3) is 0.611. The molecule has 0 aliphatic heterocycles. The van der Waals surface area contributed by atoms with Crippen molar-refractivity contribution in [3.8, 4) is 5.75 Å². The van der Waals surface area contributed by atoms with E-state index in [1.54, 1.807) is 7.11 Å². The highest BCUT2D eigenvalue weighted by molar-refractivity contribution is 14.0. The molecule has 0 aliphatic rings. The molecular weight excluding hydrogens is 417 g/mol. The molecule has 0 aliphatic carbocycles. The molecule has 0 aromatic heterocycles. The van der Waals surface area contributed by atoms with Gasteiger partial charge in [-0.15, -0.1) is 24.0 Å². The molecule has 1 unspecified atom stereocenters. The molecule has 0 saturated heterocycles. The van der Waals surface area contributed by atoms with Crippen molar-refractivity contribution in [2.75, 3.05) is 26.9 Å². The Morgan fingerprint density at radius 1 is 1.12 bits per heavy atom. The number of ether oxygens (including phenoxy) is 2. The van der Waals surface area contributed by atoms with Gasteiger partial charge in [0.15, 0.2) is 5.96 Å². The van der Waals surface area contributed by atoms with Gasteiger partial charge in [-0.3, -0.25) is 0 Å². The van der Waals surface area contributed by atoms with Crippen molar-refractivity contribution >= 4 is 29.9 Å². The number of hydrogen-bond donors (Lipinski definition) is 2. The maximum Gasteiger partial charge on any atom is 0.191 e. The predicted molar refractivity (Wildman–Crippen MR) is 111 cm³/mol. The van der Waals surface area contributed by atoms with Crippen molar-refractivity contribution in [3.63, 3.8) is 0 Å². The van der Waals surface area contributed by atoms with Crippen molar-refractivity contribution < 1.29 is 9.47 Å². The Morgan fingerprint density at radius 2 is 1.79 bits per heavy atom. The molecule has 2 N–H and O–H groups in total. The summed E-state index contributed by atoms with van der Waals surface area (Å²) >= 11 is 0. The molecule has 138 valence electrons. The molecule has 0 heterocycles. The van der Waals surface area contributed by atoms with Crippen LogP contribution in [0.3, 0.4) is 0 Å². The Kier molecular flexibility index (Phi) is 12.7. The fourth-order valence-corrected chi connectivity index (χ4v) is 1.81. The second kappa shape index (κ2) is 13.3. The number of methoxy groups -OCH3 is 1. The van der Waals surface area contributed by atoms with Crippen LogP contribution in [0, 0.1) is 5.92 Å². The standard InChI is InChI=1S/C18H31N3O2.HI/c1-6-19-18(21-15(4)14(2)3)20-13-16-7-9-17(10-8-16)23-12-11-22-5;/h7-10,14-15H,6,11-13H2,1-5H3,(H2,19,20,21);1H. The largest absolute Gasteiger partial charge is 0.491 e. The summed E-state index contributed by atoms with van der Waals surface area (Å²) in [5.74, 6) is 2.27. The lowest BCUT2D eigenvalue weighted by Crippen LogP contribution is -2.44. The number of hydrogen-bond acceptors (Lipinski definition) is 3. The number of rotatable bonds is 9. The second-order valence-corrected chi connectivity index (χ2v) is 5.86. The fourth-order valence-electron chi connectivity index (χ4n) is 1.81. The molecule has 1 aromatic carbocycles. The predicted octanol–water partition coefficient (Wildman–Crippen LogP) is 3.43. The molecule has 5 nitrogen and oxygen atoms in total. The topological polar surface area (TPSA) is 54.9 Å². The first kappa shape index (κ1) is 23.0. The molecule has 0 amide bonds. The van der Waals surface area contributed by atoms with Gasteiger partial charge in [-0.2, -0.15) is 0 Å². The van der Waals surface area contributed by atoms with Crippen molar-refractivity contribution in [3.05, 3.63) is 29.8 Å². The van der Waals surface area contributed by atoms with Crippen LogP contribution in [0.25, 0.3) is 0 Å². The van der Waals surface area contributed by atoms with E-state index in [1.807, 2.05) is 24.3 Å². The van der Waals surface area contributed by atoms with E-state index >= 15 is 0 Å². The van der Waals surface area contributed by atoms with Gasteiger partial charge in [0.2, 0.25) is 0 Å². The van der Waals surface area contributed by atoms with Gasteiger partial charge in [0.25, 0.3) is 0 Å². The lowest BCUT2D eigenvalue weighted by molar-refractivity contribution is 0.146. The van der Waals surface area contributed by atoms with Gasteiger partial charge in [-0.1, -0.05) is 26.0 Å². The van der Waals surface area contributed by atoms with Crippen molar-refractivity contribution in [1.82, 2.24) is 10.6 Å². The number of guanidine groups is 1. The van der Waals surface area contributed by atoms with Crippen LogP contribution in [0.5, 0.6) is 5.75 Å². The van der Waals surface area contributed by atoms with Gasteiger partial charge < -0.3 is 20.1 Å². The van der Waals surface area contributed by atoms with E-state index in [0.29, 0.717) is 31.7 Å². The average molecular weight is 449 g/mol. The molecule has 6 heteroatoms. The smallest absolute Gasteiger partial charge is 0.191 e. The van der Waals surface area contributed by atoms with Crippen LogP contribution in [-0.2, 0) is 11.3 Å². The molecular formula is C18H32IN3O2. The van der Waals surface area contributed by atoms with E-state index in [-0.39, 0.29) is 24.0 Å². The highest BCUT2D eigenvalue weighted by Gasteiger charge is 2.08. The minimum atomic E-state index is 0. The summed E-state index contributed by atoms with van der Waals surface area (Å²) in [7, 11) is 1.67.